The highest BCUT2D eigenvalue weighted by molar-refractivity contribution is 5.98. The first-order valence-electron chi connectivity index (χ1n) is 7.22. The molecule has 102 valence electrons. The van der Waals surface area contributed by atoms with Crippen LogP contribution in [-0.2, 0) is 12.0 Å². The van der Waals surface area contributed by atoms with Gasteiger partial charge in [-0.05, 0) is 43.9 Å². The predicted octanol–water partition coefficient (Wildman–Crippen LogP) is 2.43. The van der Waals surface area contributed by atoms with Crippen molar-refractivity contribution in [1.82, 2.24) is 4.90 Å². The third kappa shape index (κ3) is 1.79. The summed E-state index contributed by atoms with van der Waals surface area (Å²) in [5.74, 6) is 0.179. The highest BCUT2D eigenvalue weighted by Gasteiger charge is 2.39. The third-order valence-electron chi connectivity index (χ3n) is 4.88. The Bertz CT molecular complexity index is 512. The average Bonchev–Trinajstić information content (AvgIpc) is 2.67. The molecular weight excluding hydrogens is 236 g/mol. The molecule has 0 spiro atoms. The van der Waals surface area contributed by atoms with Gasteiger partial charge in [0.2, 0.25) is 0 Å². The fraction of sp³-hybridized carbons (Fsp3) is 0.562. The van der Waals surface area contributed by atoms with Crippen molar-refractivity contribution in [1.29, 1.82) is 0 Å². The molecular formula is C16H22N2O. The Morgan fingerprint density at radius 2 is 2.11 bits per heavy atom. The molecule has 3 rings (SSSR count). The molecule has 3 nitrogen and oxygen atoms in total. The van der Waals surface area contributed by atoms with Crippen LogP contribution in [-0.4, -0.2) is 23.4 Å². The SMILES string of the molecule is CC(C)N1Cc2ccc(C3(CN)CCC3)cc2C1=O. The van der Waals surface area contributed by atoms with Gasteiger partial charge in [0.25, 0.3) is 5.91 Å². The largest absolute Gasteiger partial charge is 0.332 e. The van der Waals surface area contributed by atoms with Gasteiger partial charge in [0.1, 0.15) is 0 Å². The lowest BCUT2D eigenvalue weighted by Crippen LogP contribution is -2.41. The van der Waals surface area contributed by atoms with Gasteiger partial charge in [-0.2, -0.15) is 0 Å². The maximum Gasteiger partial charge on any atom is 0.254 e. The molecule has 1 fully saturated rings. The Balaban J connectivity index is 1.96. The van der Waals surface area contributed by atoms with Gasteiger partial charge in [-0.15, -0.1) is 0 Å². The van der Waals surface area contributed by atoms with Crippen molar-refractivity contribution >= 4 is 5.91 Å². The van der Waals surface area contributed by atoms with E-state index in [0.717, 1.165) is 30.5 Å². The zero-order valence-electron chi connectivity index (χ0n) is 11.8. The Morgan fingerprint density at radius 1 is 1.37 bits per heavy atom. The number of fused-ring (bicyclic) bond motifs is 1. The van der Waals surface area contributed by atoms with Crippen molar-refractivity contribution in [3.05, 3.63) is 34.9 Å². The first-order chi connectivity index (χ1) is 9.07. The molecule has 1 aromatic carbocycles. The lowest BCUT2D eigenvalue weighted by atomic mass is 9.64. The van der Waals surface area contributed by atoms with Crippen molar-refractivity contribution < 1.29 is 4.79 Å². The zero-order chi connectivity index (χ0) is 13.6. The van der Waals surface area contributed by atoms with Gasteiger partial charge in [0, 0.05) is 30.1 Å². The Labute approximate surface area is 114 Å². The fourth-order valence-corrected chi connectivity index (χ4v) is 3.28. The van der Waals surface area contributed by atoms with Crippen LogP contribution < -0.4 is 5.73 Å². The molecule has 0 bridgehead atoms. The van der Waals surface area contributed by atoms with E-state index >= 15 is 0 Å². The van der Waals surface area contributed by atoms with Crippen LogP contribution in [0.2, 0.25) is 0 Å². The van der Waals surface area contributed by atoms with Crippen molar-refractivity contribution in [2.24, 2.45) is 5.73 Å². The normalized spacial score (nSPS) is 20.6. The Morgan fingerprint density at radius 3 is 2.63 bits per heavy atom. The van der Waals surface area contributed by atoms with Crippen LogP contribution in [0.25, 0.3) is 0 Å². The van der Waals surface area contributed by atoms with E-state index in [9.17, 15) is 4.79 Å². The van der Waals surface area contributed by atoms with Gasteiger partial charge >= 0.3 is 0 Å². The number of hydrogen-bond donors (Lipinski definition) is 1. The third-order valence-corrected chi connectivity index (χ3v) is 4.88. The van der Waals surface area contributed by atoms with E-state index < -0.39 is 0 Å². The summed E-state index contributed by atoms with van der Waals surface area (Å²) in [6, 6.07) is 6.67. The number of benzene rings is 1. The molecule has 0 radical (unpaired) electrons. The predicted molar refractivity (Wildman–Crippen MR) is 76.0 cm³/mol. The van der Waals surface area contributed by atoms with Crippen LogP contribution in [0.1, 0.15) is 54.6 Å². The summed E-state index contributed by atoms with van der Waals surface area (Å²) < 4.78 is 0. The summed E-state index contributed by atoms with van der Waals surface area (Å²) in [4.78, 5) is 14.3. The molecule has 1 heterocycles. The molecule has 1 aliphatic heterocycles. The second-order valence-corrected chi connectivity index (χ2v) is 6.24. The molecule has 0 atom stereocenters. The van der Waals surface area contributed by atoms with Crippen LogP contribution >= 0.6 is 0 Å². The quantitative estimate of drug-likeness (QED) is 0.905. The van der Waals surface area contributed by atoms with Crippen LogP contribution in [0.4, 0.5) is 0 Å². The average molecular weight is 258 g/mol. The van der Waals surface area contributed by atoms with Crippen LogP contribution in [0.15, 0.2) is 18.2 Å². The molecule has 1 aromatic rings. The van der Waals surface area contributed by atoms with Gasteiger partial charge in [-0.3, -0.25) is 4.79 Å². The van der Waals surface area contributed by atoms with Crippen LogP contribution in [0, 0.1) is 0 Å². The van der Waals surface area contributed by atoms with Crippen molar-refractivity contribution in [2.45, 2.75) is 51.1 Å². The minimum Gasteiger partial charge on any atom is -0.332 e. The second kappa shape index (κ2) is 4.34. The van der Waals surface area contributed by atoms with Gasteiger partial charge in [-0.1, -0.05) is 18.6 Å². The van der Waals surface area contributed by atoms with Gasteiger partial charge in [0.15, 0.2) is 0 Å². The summed E-state index contributed by atoms with van der Waals surface area (Å²) >= 11 is 0. The molecule has 1 amide bonds. The lowest BCUT2D eigenvalue weighted by molar-refractivity contribution is 0.0730. The number of carbonyl (C=O) groups excluding carboxylic acids is 1. The Hall–Kier alpha value is -1.35. The fourth-order valence-electron chi connectivity index (χ4n) is 3.28. The van der Waals surface area contributed by atoms with Gasteiger partial charge < -0.3 is 10.6 Å². The zero-order valence-corrected chi connectivity index (χ0v) is 11.8. The molecule has 19 heavy (non-hydrogen) atoms. The standard InChI is InChI=1S/C16H22N2O/c1-11(2)18-9-12-4-5-13(8-14(12)15(18)19)16(10-17)6-3-7-16/h4-5,8,11H,3,6-7,9-10,17H2,1-2H3. The molecule has 1 saturated carbocycles. The summed E-state index contributed by atoms with van der Waals surface area (Å²) in [5, 5.41) is 0. The smallest absolute Gasteiger partial charge is 0.254 e. The van der Waals surface area contributed by atoms with E-state index in [1.54, 1.807) is 0 Å². The molecule has 2 N–H and O–H groups in total. The summed E-state index contributed by atoms with van der Waals surface area (Å²) in [5.41, 5.74) is 9.42. The number of amides is 1. The molecule has 2 aliphatic rings. The number of nitrogens with two attached hydrogens (primary N) is 1. The van der Waals surface area contributed by atoms with Gasteiger partial charge in [-0.25, -0.2) is 0 Å². The summed E-state index contributed by atoms with van der Waals surface area (Å²) in [7, 11) is 0. The summed E-state index contributed by atoms with van der Waals surface area (Å²) in [6.45, 7) is 5.58. The van der Waals surface area contributed by atoms with Crippen molar-refractivity contribution in [2.75, 3.05) is 6.54 Å². The van der Waals surface area contributed by atoms with E-state index in [-0.39, 0.29) is 17.4 Å². The van der Waals surface area contributed by atoms with Crippen LogP contribution in [0.3, 0.4) is 0 Å². The molecule has 0 saturated heterocycles. The van der Waals surface area contributed by atoms with Crippen molar-refractivity contribution in [3.8, 4) is 0 Å². The second-order valence-electron chi connectivity index (χ2n) is 6.24. The van der Waals surface area contributed by atoms with E-state index in [0.29, 0.717) is 6.54 Å². The first kappa shape index (κ1) is 12.7. The Kier molecular flexibility index (Phi) is 2.90. The topological polar surface area (TPSA) is 46.3 Å². The summed E-state index contributed by atoms with van der Waals surface area (Å²) in [6.07, 6.45) is 3.56. The maximum atomic E-state index is 12.4. The molecule has 3 heteroatoms. The van der Waals surface area contributed by atoms with E-state index in [2.05, 4.69) is 32.0 Å². The van der Waals surface area contributed by atoms with Crippen molar-refractivity contribution in [3.63, 3.8) is 0 Å². The number of hydrogen-bond acceptors (Lipinski definition) is 2. The van der Waals surface area contributed by atoms with E-state index in [1.165, 1.54) is 12.0 Å². The number of nitrogens with zero attached hydrogens (tertiary/aromatic N) is 1. The minimum atomic E-state index is 0.139. The molecule has 1 aliphatic carbocycles. The minimum absolute atomic E-state index is 0.139. The number of carbonyl (C=O) groups is 1. The lowest BCUT2D eigenvalue weighted by Gasteiger charge is -2.41. The van der Waals surface area contributed by atoms with Crippen LogP contribution in [0.5, 0.6) is 0 Å². The first-order valence-corrected chi connectivity index (χ1v) is 7.22. The van der Waals surface area contributed by atoms with E-state index in [4.69, 9.17) is 5.73 Å². The highest BCUT2D eigenvalue weighted by Crippen LogP contribution is 2.43. The monoisotopic (exact) mass is 258 g/mol. The maximum absolute atomic E-state index is 12.4. The van der Waals surface area contributed by atoms with Gasteiger partial charge in [0.05, 0.1) is 0 Å². The van der Waals surface area contributed by atoms with E-state index in [1.807, 2.05) is 4.90 Å². The number of rotatable bonds is 3. The highest BCUT2D eigenvalue weighted by atomic mass is 16.2. The molecule has 0 aromatic heterocycles. The molecule has 0 unspecified atom stereocenters.